The largest absolute Gasteiger partial charge is 0.320 e. The summed E-state index contributed by atoms with van der Waals surface area (Å²) in [6.07, 6.45) is 1.20. The summed E-state index contributed by atoms with van der Waals surface area (Å²) in [5, 5.41) is 3.19. The van der Waals surface area contributed by atoms with Gasteiger partial charge in [0, 0.05) is 6.04 Å². The highest BCUT2D eigenvalue weighted by molar-refractivity contribution is 5.31. The second-order valence-electron chi connectivity index (χ2n) is 4.96. The van der Waals surface area contributed by atoms with E-state index >= 15 is 0 Å². The van der Waals surface area contributed by atoms with Crippen LogP contribution in [0.2, 0.25) is 0 Å². The lowest BCUT2D eigenvalue weighted by atomic mass is 10.0. The summed E-state index contributed by atoms with van der Waals surface area (Å²) >= 11 is 0. The minimum Gasteiger partial charge on any atom is -0.320 e. The number of aryl methyl sites for hydroxylation is 2. The summed E-state index contributed by atoms with van der Waals surface area (Å²) in [6.45, 7) is 8.86. The monoisotopic (exact) mass is 234 g/mol. The van der Waals surface area contributed by atoms with Crippen LogP contribution < -0.4 is 5.32 Å². The van der Waals surface area contributed by atoms with E-state index in [-0.39, 0.29) is 0 Å². The van der Waals surface area contributed by atoms with E-state index in [4.69, 9.17) is 0 Å². The zero-order valence-corrected chi connectivity index (χ0v) is 11.9. The summed E-state index contributed by atoms with van der Waals surface area (Å²) in [6, 6.07) is 7.28. The average Bonchev–Trinajstić information content (AvgIpc) is 2.32. The molecule has 96 valence electrons. The Bertz CT molecular complexity index is 347. The second-order valence-corrected chi connectivity index (χ2v) is 4.96. The molecule has 0 spiro atoms. The van der Waals surface area contributed by atoms with Crippen LogP contribution in [0.3, 0.4) is 0 Å². The molecule has 17 heavy (non-hydrogen) atoms. The lowest BCUT2D eigenvalue weighted by Gasteiger charge is -2.25. The van der Waals surface area contributed by atoms with Gasteiger partial charge in [0.1, 0.15) is 0 Å². The van der Waals surface area contributed by atoms with Crippen molar-refractivity contribution < 1.29 is 0 Å². The van der Waals surface area contributed by atoms with Crippen molar-refractivity contribution in [3.63, 3.8) is 0 Å². The number of nitrogens with zero attached hydrogens (tertiary/aromatic N) is 1. The van der Waals surface area contributed by atoms with Gasteiger partial charge in [-0.2, -0.15) is 0 Å². The normalized spacial score (nSPS) is 13.1. The van der Waals surface area contributed by atoms with Crippen LogP contribution in [0.15, 0.2) is 18.2 Å². The topological polar surface area (TPSA) is 15.3 Å². The average molecular weight is 234 g/mol. The molecule has 2 nitrogen and oxygen atoms in total. The smallest absolute Gasteiger partial charge is 0.0316 e. The molecule has 0 aliphatic heterocycles. The molecule has 0 amide bonds. The lowest BCUT2D eigenvalue weighted by molar-refractivity contribution is 0.258. The molecular weight excluding hydrogens is 208 g/mol. The Morgan fingerprint density at radius 2 is 1.94 bits per heavy atom. The predicted molar refractivity (Wildman–Crippen MR) is 75.5 cm³/mol. The van der Waals surface area contributed by atoms with Gasteiger partial charge >= 0.3 is 0 Å². The molecule has 0 aromatic heterocycles. The molecule has 2 heteroatoms. The molecule has 0 radical (unpaired) electrons. The molecule has 0 bridgehead atoms. The summed E-state index contributed by atoms with van der Waals surface area (Å²) in [5.74, 6) is 0. The van der Waals surface area contributed by atoms with Crippen molar-refractivity contribution in [2.75, 3.05) is 27.2 Å². The predicted octanol–water partition coefficient (Wildman–Crippen LogP) is 2.91. The Labute approximate surface area is 106 Å². The van der Waals surface area contributed by atoms with Crippen molar-refractivity contribution >= 4 is 0 Å². The van der Waals surface area contributed by atoms with Gasteiger partial charge in [-0.1, -0.05) is 18.2 Å². The van der Waals surface area contributed by atoms with Crippen LogP contribution in [-0.4, -0.2) is 32.1 Å². The zero-order chi connectivity index (χ0) is 12.8. The molecule has 1 unspecified atom stereocenters. The summed E-state index contributed by atoms with van der Waals surface area (Å²) in [7, 11) is 4.21. The molecule has 0 aliphatic carbocycles. The third-order valence-electron chi connectivity index (χ3n) is 3.61. The molecule has 0 fully saturated rings. The van der Waals surface area contributed by atoms with Crippen molar-refractivity contribution in [3.8, 4) is 0 Å². The van der Waals surface area contributed by atoms with Gasteiger partial charge in [-0.3, -0.25) is 4.90 Å². The van der Waals surface area contributed by atoms with Crippen LogP contribution in [0.25, 0.3) is 0 Å². The summed E-state index contributed by atoms with van der Waals surface area (Å²) in [5.41, 5.74) is 4.18. The molecule has 0 saturated carbocycles. The maximum Gasteiger partial charge on any atom is 0.0316 e. The fourth-order valence-corrected chi connectivity index (χ4v) is 1.98. The fraction of sp³-hybridized carbons (Fsp3) is 0.600. The van der Waals surface area contributed by atoms with Crippen LogP contribution in [0.1, 0.15) is 36.1 Å². The molecule has 1 aromatic carbocycles. The van der Waals surface area contributed by atoms with E-state index in [1.165, 1.54) is 23.1 Å². The van der Waals surface area contributed by atoms with E-state index in [0.717, 1.165) is 13.1 Å². The molecule has 0 saturated heterocycles. The number of hydrogen-bond donors (Lipinski definition) is 1. The lowest BCUT2D eigenvalue weighted by Crippen LogP contribution is -2.25. The van der Waals surface area contributed by atoms with Gasteiger partial charge in [0.05, 0.1) is 0 Å². The van der Waals surface area contributed by atoms with E-state index in [9.17, 15) is 0 Å². The quantitative estimate of drug-likeness (QED) is 0.761. The van der Waals surface area contributed by atoms with E-state index in [0.29, 0.717) is 6.04 Å². The SMILES string of the molecule is CNCCCN(C)C(C)c1ccc(C)c(C)c1. The summed E-state index contributed by atoms with van der Waals surface area (Å²) in [4.78, 5) is 2.42. The summed E-state index contributed by atoms with van der Waals surface area (Å²) < 4.78 is 0. The van der Waals surface area contributed by atoms with Gasteiger partial charge in [0.2, 0.25) is 0 Å². The first-order valence-electron chi connectivity index (χ1n) is 6.48. The zero-order valence-electron chi connectivity index (χ0n) is 11.9. The van der Waals surface area contributed by atoms with Gasteiger partial charge in [0.15, 0.2) is 0 Å². The van der Waals surface area contributed by atoms with Crippen LogP contribution in [0, 0.1) is 13.8 Å². The Kier molecular flexibility index (Phi) is 5.66. The maximum atomic E-state index is 3.19. The standard InChI is InChI=1S/C15H26N2/c1-12-7-8-15(11-13(12)2)14(3)17(5)10-6-9-16-4/h7-8,11,14,16H,6,9-10H2,1-5H3. The van der Waals surface area contributed by atoms with E-state index in [2.05, 4.69) is 56.2 Å². The molecule has 1 atom stereocenters. The molecule has 0 aliphatic rings. The van der Waals surface area contributed by atoms with Crippen LogP contribution in [-0.2, 0) is 0 Å². The molecule has 0 heterocycles. The number of nitrogens with one attached hydrogen (secondary N) is 1. The first kappa shape index (κ1) is 14.2. The minimum atomic E-state index is 0.492. The second kappa shape index (κ2) is 6.77. The molecular formula is C15H26N2. The van der Waals surface area contributed by atoms with E-state index in [1.807, 2.05) is 7.05 Å². The Balaban J connectivity index is 2.61. The third kappa shape index (κ3) is 4.14. The highest BCUT2D eigenvalue weighted by Crippen LogP contribution is 2.21. The van der Waals surface area contributed by atoms with Crippen LogP contribution in [0.4, 0.5) is 0 Å². The van der Waals surface area contributed by atoms with E-state index in [1.54, 1.807) is 0 Å². The highest BCUT2D eigenvalue weighted by Gasteiger charge is 2.11. The van der Waals surface area contributed by atoms with Crippen molar-refractivity contribution in [2.24, 2.45) is 0 Å². The number of benzene rings is 1. The number of hydrogen-bond acceptors (Lipinski definition) is 2. The highest BCUT2D eigenvalue weighted by atomic mass is 15.1. The first-order chi connectivity index (χ1) is 8.06. The van der Waals surface area contributed by atoms with Crippen molar-refractivity contribution in [1.29, 1.82) is 0 Å². The number of rotatable bonds is 6. The molecule has 1 aromatic rings. The van der Waals surface area contributed by atoms with Gasteiger partial charge < -0.3 is 5.32 Å². The fourth-order valence-electron chi connectivity index (χ4n) is 1.98. The Hall–Kier alpha value is -0.860. The van der Waals surface area contributed by atoms with Crippen molar-refractivity contribution in [1.82, 2.24) is 10.2 Å². The minimum absolute atomic E-state index is 0.492. The maximum absolute atomic E-state index is 3.19. The Morgan fingerprint density at radius 3 is 2.53 bits per heavy atom. The van der Waals surface area contributed by atoms with E-state index < -0.39 is 0 Å². The van der Waals surface area contributed by atoms with Gasteiger partial charge in [-0.05, 0) is 71.1 Å². The molecule has 1 N–H and O–H groups in total. The van der Waals surface area contributed by atoms with Crippen molar-refractivity contribution in [3.05, 3.63) is 34.9 Å². The van der Waals surface area contributed by atoms with Crippen LogP contribution >= 0.6 is 0 Å². The van der Waals surface area contributed by atoms with Gasteiger partial charge in [0.25, 0.3) is 0 Å². The van der Waals surface area contributed by atoms with Crippen molar-refractivity contribution in [2.45, 2.75) is 33.2 Å². The Morgan fingerprint density at radius 1 is 1.24 bits per heavy atom. The van der Waals surface area contributed by atoms with Gasteiger partial charge in [-0.25, -0.2) is 0 Å². The third-order valence-corrected chi connectivity index (χ3v) is 3.61. The molecule has 1 rings (SSSR count). The van der Waals surface area contributed by atoms with Crippen LogP contribution in [0.5, 0.6) is 0 Å². The van der Waals surface area contributed by atoms with Gasteiger partial charge in [-0.15, -0.1) is 0 Å². The first-order valence-corrected chi connectivity index (χ1v) is 6.48.